The van der Waals surface area contributed by atoms with Gasteiger partial charge in [0, 0.05) is 6.42 Å². The number of hydrogen-bond acceptors (Lipinski definition) is 4. The standard InChI is InChI=1S/C23H21ClN4O2/c1-2-3-8-19-27-20-21(24)25-14-26-22(20)28(19)13-15-9-11-16(12-10-15)17-6-4-5-7-18(17)23(29)30/h4-7,9-12,14H,2-3,8,13H2,1H3,(H,29,30). The van der Waals surface area contributed by atoms with E-state index in [-0.39, 0.29) is 0 Å². The smallest absolute Gasteiger partial charge is 0.336 e. The van der Waals surface area contributed by atoms with Crippen LogP contribution in [0.15, 0.2) is 54.9 Å². The molecule has 30 heavy (non-hydrogen) atoms. The number of fused-ring (bicyclic) bond motifs is 1. The topological polar surface area (TPSA) is 80.9 Å². The second kappa shape index (κ2) is 8.63. The first-order valence-corrected chi connectivity index (χ1v) is 10.2. The lowest BCUT2D eigenvalue weighted by molar-refractivity contribution is 0.0697. The Bertz CT molecular complexity index is 1200. The third-order valence-electron chi connectivity index (χ3n) is 5.08. The normalized spacial score (nSPS) is 11.1. The summed E-state index contributed by atoms with van der Waals surface area (Å²) in [4.78, 5) is 24.6. The fraction of sp³-hybridized carbons (Fsp3) is 0.217. The fourth-order valence-electron chi connectivity index (χ4n) is 3.54. The van der Waals surface area contributed by atoms with E-state index in [2.05, 4.69) is 26.4 Å². The van der Waals surface area contributed by atoms with Crippen LogP contribution in [0.3, 0.4) is 0 Å². The van der Waals surface area contributed by atoms with Crippen LogP contribution in [0.5, 0.6) is 0 Å². The molecule has 2 aromatic heterocycles. The number of carboxylic acid groups (broad SMARTS) is 1. The number of aromatic carboxylic acids is 1. The van der Waals surface area contributed by atoms with Crippen molar-refractivity contribution in [1.82, 2.24) is 19.5 Å². The van der Waals surface area contributed by atoms with Gasteiger partial charge in [0.05, 0.1) is 12.1 Å². The summed E-state index contributed by atoms with van der Waals surface area (Å²) in [6.45, 7) is 2.75. The number of imidazole rings is 1. The molecule has 4 aromatic rings. The van der Waals surface area contributed by atoms with Crippen LogP contribution >= 0.6 is 11.6 Å². The van der Waals surface area contributed by atoms with Gasteiger partial charge in [0.2, 0.25) is 0 Å². The first kappa shape index (κ1) is 20.0. The maximum Gasteiger partial charge on any atom is 0.336 e. The molecule has 0 aliphatic carbocycles. The first-order valence-electron chi connectivity index (χ1n) is 9.85. The molecule has 2 aromatic carbocycles. The van der Waals surface area contributed by atoms with Crippen LogP contribution in [0, 0.1) is 0 Å². The Morgan fingerprint density at radius 1 is 1.10 bits per heavy atom. The van der Waals surface area contributed by atoms with Gasteiger partial charge in [-0.25, -0.2) is 19.7 Å². The van der Waals surface area contributed by atoms with Crippen LogP contribution in [-0.2, 0) is 13.0 Å². The number of carboxylic acids is 1. The Morgan fingerprint density at radius 2 is 1.87 bits per heavy atom. The van der Waals surface area contributed by atoms with Crippen molar-refractivity contribution in [2.24, 2.45) is 0 Å². The summed E-state index contributed by atoms with van der Waals surface area (Å²) in [5.74, 6) is 0.00578. The molecule has 4 rings (SSSR count). The molecule has 0 unspecified atom stereocenters. The number of rotatable bonds is 7. The third kappa shape index (κ3) is 3.91. The number of aryl methyl sites for hydroxylation is 1. The number of hydrogen-bond donors (Lipinski definition) is 1. The Morgan fingerprint density at radius 3 is 2.60 bits per heavy atom. The Hall–Kier alpha value is -3.25. The quantitative estimate of drug-likeness (QED) is 0.414. The van der Waals surface area contributed by atoms with Crippen molar-refractivity contribution >= 4 is 28.7 Å². The summed E-state index contributed by atoms with van der Waals surface area (Å²) in [6.07, 6.45) is 4.39. The second-order valence-electron chi connectivity index (χ2n) is 7.10. The van der Waals surface area contributed by atoms with E-state index < -0.39 is 5.97 Å². The lowest BCUT2D eigenvalue weighted by atomic mass is 9.99. The average Bonchev–Trinajstić information content (AvgIpc) is 3.11. The first-order chi connectivity index (χ1) is 14.6. The number of unbranched alkanes of at least 4 members (excludes halogenated alkanes) is 1. The summed E-state index contributed by atoms with van der Waals surface area (Å²) < 4.78 is 2.08. The molecule has 0 amide bonds. The van der Waals surface area contributed by atoms with Crippen LogP contribution in [0.2, 0.25) is 5.15 Å². The van der Waals surface area contributed by atoms with Crippen molar-refractivity contribution in [2.75, 3.05) is 0 Å². The SMILES string of the molecule is CCCCc1nc2c(Cl)ncnc2n1Cc1ccc(-c2ccccc2C(=O)O)cc1. The minimum atomic E-state index is -0.934. The van der Waals surface area contributed by atoms with Crippen molar-refractivity contribution < 1.29 is 9.90 Å². The molecule has 0 spiro atoms. The van der Waals surface area contributed by atoms with Gasteiger partial charge in [0.25, 0.3) is 0 Å². The average molecular weight is 421 g/mol. The van der Waals surface area contributed by atoms with Crippen molar-refractivity contribution in [3.05, 3.63) is 77.0 Å². The summed E-state index contributed by atoms with van der Waals surface area (Å²) in [6, 6.07) is 14.9. The van der Waals surface area contributed by atoms with Crippen LogP contribution in [0.1, 0.15) is 41.5 Å². The number of aromatic nitrogens is 4. The van der Waals surface area contributed by atoms with Crippen molar-refractivity contribution in [2.45, 2.75) is 32.7 Å². The molecular weight excluding hydrogens is 400 g/mol. The van der Waals surface area contributed by atoms with Gasteiger partial charge >= 0.3 is 5.97 Å². The van der Waals surface area contributed by atoms with E-state index >= 15 is 0 Å². The van der Waals surface area contributed by atoms with E-state index in [9.17, 15) is 9.90 Å². The highest BCUT2D eigenvalue weighted by Gasteiger charge is 2.16. The molecular formula is C23H21ClN4O2. The molecule has 1 N–H and O–H groups in total. The molecule has 0 atom stereocenters. The molecule has 152 valence electrons. The van der Waals surface area contributed by atoms with E-state index in [1.54, 1.807) is 12.1 Å². The van der Waals surface area contributed by atoms with Crippen LogP contribution < -0.4 is 0 Å². The van der Waals surface area contributed by atoms with Crippen molar-refractivity contribution in [3.63, 3.8) is 0 Å². The van der Waals surface area contributed by atoms with Gasteiger partial charge in [0.1, 0.15) is 17.7 Å². The predicted octanol–water partition coefficient (Wildman–Crippen LogP) is 5.24. The van der Waals surface area contributed by atoms with Gasteiger partial charge in [-0.1, -0.05) is 67.4 Å². The molecule has 2 heterocycles. The zero-order valence-corrected chi connectivity index (χ0v) is 17.3. The zero-order chi connectivity index (χ0) is 21.1. The summed E-state index contributed by atoms with van der Waals surface area (Å²) in [7, 11) is 0. The number of halogens is 1. The molecule has 0 saturated carbocycles. The summed E-state index contributed by atoms with van der Waals surface area (Å²) in [5, 5.41) is 9.80. The monoisotopic (exact) mass is 420 g/mol. The summed E-state index contributed by atoms with van der Waals surface area (Å²) >= 11 is 6.23. The minimum absolute atomic E-state index is 0.291. The zero-order valence-electron chi connectivity index (χ0n) is 16.5. The highest BCUT2D eigenvalue weighted by molar-refractivity contribution is 6.33. The van der Waals surface area contributed by atoms with Gasteiger partial charge < -0.3 is 9.67 Å². The molecule has 0 aliphatic rings. The van der Waals surface area contributed by atoms with E-state index in [0.717, 1.165) is 41.9 Å². The van der Waals surface area contributed by atoms with E-state index in [1.807, 2.05) is 36.4 Å². The highest BCUT2D eigenvalue weighted by Crippen LogP contribution is 2.26. The maximum atomic E-state index is 11.5. The van der Waals surface area contributed by atoms with Crippen LogP contribution in [0.25, 0.3) is 22.3 Å². The Balaban J connectivity index is 1.68. The minimum Gasteiger partial charge on any atom is -0.478 e. The predicted molar refractivity (Wildman–Crippen MR) is 117 cm³/mol. The van der Waals surface area contributed by atoms with Gasteiger partial charge in [-0.15, -0.1) is 0 Å². The molecule has 0 fully saturated rings. The third-order valence-corrected chi connectivity index (χ3v) is 5.36. The van der Waals surface area contributed by atoms with Crippen LogP contribution in [-0.4, -0.2) is 30.6 Å². The van der Waals surface area contributed by atoms with E-state index in [4.69, 9.17) is 11.6 Å². The van der Waals surface area contributed by atoms with Gasteiger partial charge in [-0.05, 0) is 29.2 Å². The molecule has 0 bridgehead atoms. The number of nitrogens with zero attached hydrogens (tertiary/aromatic N) is 4. The Kier molecular flexibility index (Phi) is 5.77. The van der Waals surface area contributed by atoms with Gasteiger partial charge in [-0.3, -0.25) is 0 Å². The largest absolute Gasteiger partial charge is 0.478 e. The number of carbonyl (C=O) groups is 1. The van der Waals surface area contributed by atoms with Gasteiger partial charge in [0.15, 0.2) is 10.8 Å². The number of benzene rings is 2. The molecule has 0 radical (unpaired) electrons. The van der Waals surface area contributed by atoms with E-state index in [1.165, 1.54) is 6.33 Å². The lowest BCUT2D eigenvalue weighted by Gasteiger charge is -2.10. The Labute approximate surface area is 179 Å². The molecule has 7 heteroatoms. The van der Waals surface area contributed by atoms with Crippen LogP contribution in [0.4, 0.5) is 0 Å². The van der Waals surface area contributed by atoms with Crippen molar-refractivity contribution in [3.8, 4) is 11.1 Å². The summed E-state index contributed by atoms with van der Waals surface area (Å²) in [5.41, 5.74) is 4.27. The van der Waals surface area contributed by atoms with E-state index in [0.29, 0.717) is 28.3 Å². The van der Waals surface area contributed by atoms with Gasteiger partial charge in [-0.2, -0.15) is 0 Å². The molecule has 0 aliphatic heterocycles. The molecule has 0 saturated heterocycles. The highest BCUT2D eigenvalue weighted by atomic mass is 35.5. The lowest BCUT2D eigenvalue weighted by Crippen LogP contribution is -2.06. The maximum absolute atomic E-state index is 11.5. The van der Waals surface area contributed by atoms with Crippen molar-refractivity contribution in [1.29, 1.82) is 0 Å². The fourth-order valence-corrected chi connectivity index (χ4v) is 3.71. The molecule has 6 nitrogen and oxygen atoms in total. The second-order valence-corrected chi connectivity index (χ2v) is 7.46.